The van der Waals surface area contributed by atoms with Gasteiger partial charge in [0.05, 0.1) is 5.69 Å². The quantitative estimate of drug-likeness (QED) is 0.788. The minimum absolute atomic E-state index is 0.0916. The van der Waals surface area contributed by atoms with Crippen LogP contribution >= 0.6 is 11.5 Å². The Balaban J connectivity index is 1.59. The number of carbonyl (C=O) groups excluding carboxylic acids is 1. The minimum Gasteiger partial charge on any atom is -0.335 e. The normalized spacial score (nSPS) is 21.9. The molecule has 6 nitrogen and oxygen atoms in total. The van der Waals surface area contributed by atoms with Crippen molar-refractivity contribution in [1.82, 2.24) is 24.7 Å². The molecule has 0 unspecified atom stereocenters. The van der Waals surface area contributed by atoms with Gasteiger partial charge in [-0.1, -0.05) is 4.49 Å². The van der Waals surface area contributed by atoms with Gasteiger partial charge in [-0.05, 0) is 18.5 Å². The zero-order chi connectivity index (χ0) is 12.5. The predicted molar refractivity (Wildman–Crippen MR) is 68.8 cm³/mol. The Labute approximate surface area is 110 Å². The van der Waals surface area contributed by atoms with Gasteiger partial charge in [-0.2, -0.15) is 0 Å². The van der Waals surface area contributed by atoms with E-state index in [2.05, 4.69) is 19.8 Å². The standard InChI is InChI=1S/C11H17N5OS/c1-8-10(18-14-13-8)11(17)16-4-2-15(3-5-16)9-6-12-7-9/h9,12H,2-7H2,1H3. The molecule has 1 aromatic rings. The molecule has 2 saturated heterocycles. The lowest BCUT2D eigenvalue weighted by Gasteiger charge is -2.43. The van der Waals surface area contributed by atoms with Gasteiger partial charge < -0.3 is 10.2 Å². The molecule has 0 saturated carbocycles. The Morgan fingerprint density at radius 3 is 2.56 bits per heavy atom. The van der Waals surface area contributed by atoms with Crippen molar-refractivity contribution >= 4 is 17.4 Å². The van der Waals surface area contributed by atoms with E-state index in [0.29, 0.717) is 10.9 Å². The van der Waals surface area contributed by atoms with E-state index < -0.39 is 0 Å². The summed E-state index contributed by atoms with van der Waals surface area (Å²) in [4.78, 5) is 17.3. The van der Waals surface area contributed by atoms with Crippen LogP contribution in [0, 0.1) is 6.92 Å². The van der Waals surface area contributed by atoms with Crippen LogP contribution in [0.5, 0.6) is 0 Å². The molecule has 3 heterocycles. The molecule has 1 amide bonds. The number of hydrogen-bond acceptors (Lipinski definition) is 6. The summed E-state index contributed by atoms with van der Waals surface area (Å²) in [6, 6.07) is 0.675. The molecule has 0 bridgehead atoms. The Hall–Kier alpha value is -1.05. The molecule has 0 spiro atoms. The number of carbonyl (C=O) groups is 1. The maximum atomic E-state index is 12.3. The molecule has 0 aromatic carbocycles. The van der Waals surface area contributed by atoms with Gasteiger partial charge in [0.15, 0.2) is 0 Å². The van der Waals surface area contributed by atoms with E-state index in [1.54, 1.807) is 0 Å². The first-order valence-corrected chi connectivity index (χ1v) is 7.06. The Bertz CT molecular complexity index is 436. The maximum absolute atomic E-state index is 12.3. The van der Waals surface area contributed by atoms with Crippen LogP contribution in [0.4, 0.5) is 0 Å². The summed E-state index contributed by atoms with van der Waals surface area (Å²) in [5, 5.41) is 7.19. The molecule has 1 aromatic heterocycles. The van der Waals surface area contributed by atoms with Crippen LogP contribution in [0.25, 0.3) is 0 Å². The molecule has 0 aliphatic carbocycles. The number of nitrogens with zero attached hydrogens (tertiary/aromatic N) is 4. The van der Waals surface area contributed by atoms with Crippen molar-refractivity contribution in [2.75, 3.05) is 39.3 Å². The van der Waals surface area contributed by atoms with Crippen LogP contribution < -0.4 is 5.32 Å². The second-order valence-corrected chi connectivity index (χ2v) is 5.58. The molecular weight excluding hydrogens is 250 g/mol. The summed E-state index contributed by atoms with van der Waals surface area (Å²) in [5.41, 5.74) is 0.746. The lowest BCUT2D eigenvalue weighted by molar-refractivity contribution is 0.0505. The molecule has 7 heteroatoms. The summed E-state index contributed by atoms with van der Waals surface area (Å²) in [6.45, 7) is 7.59. The summed E-state index contributed by atoms with van der Waals surface area (Å²) in [7, 11) is 0. The van der Waals surface area contributed by atoms with Crippen molar-refractivity contribution in [3.63, 3.8) is 0 Å². The van der Waals surface area contributed by atoms with Crippen LogP contribution in [0.1, 0.15) is 15.4 Å². The molecule has 2 aliphatic rings. The first-order valence-electron chi connectivity index (χ1n) is 6.28. The van der Waals surface area contributed by atoms with E-state index in [0.717, 1.165) is 45.0 Å². The molecule has 0 atom stereocenters. The zero-order valence-corrected chi connectivity index (χ0v) is 11.2. The van der Waals surface area contributed by atoms with Crippen LogP contribution in [0.2, 0.25) is 0 Å². The van der Waals surface area contributed by atoms with Crippen LogP contribution in [-0.4, -0.2) is 70.6 Å². The largest absolute Gasteiger partial charge is 0.335 e. The summed E-state index contributed by atoms with van der Waals surface area (Å²) < 4.78 is 3.83. The van der Waals surface area contributed by atoms with Crippen LogP contribution in [0.3, 0.4) is 0 Å². The van der Waals surface area contributed by atoms with E-state index in [1.807, 2.05) is 11.8 Å². The van der Waals surface area contributed by atoms with Gasteiger partial charge in [0, 0.05) is 45.3 Å². The highest BCUT2D eigenvalue weighted by Gasteiger charge is 2.30. The molecule has 98 valence electrons. The van der Waals surface area contributed by atoms with E-state index in [4.69, 9.17) is 0 Å². The number of amides is 1. The van der Waals surface area contributed by atoms with Gasteiger partial charge >= 0.3 is 0 Å². The summed E-state index contributed by atoms with van der Waals surface area (Å²) in [5.74, 6) is 0.0916. The van der Waals surface area contributed by atoms with E-state index in [9.17, 15) is 4.79 Å². The monoisotopic (exact) mass is 267 g/mol. The first kappa shape index (κ1) is 12.0. The lowest BCUT2D eigenvalue weighted by atomic mass is 10.1. The van der Waals surface area contributed by atoms with Crippen molar-refractivity contribution in [3.8, 4) is 0 Å². The van der Waals surface area contributed by atoms with Gasteiger partial charge in [-0.25, -0.2) is 0 Å². The molecule has 18 heavy (non-hydrogen) atoms. The average Bonchev–Trinajstić information content (AvgIpc) is 2.73. The molecule has 0 radical (unpaired) electrons. The summed E-state index contributed by atoms with van der Waals surface area (Å²) in [6.07, 6.45) is 0. The fourth-order valence-corrected chi connectivity index (χ4v) is 3.02. The number of aromatic nitrogens is 2. The van der Waals surface area contributed by atoms with Gasteiger partial charge in [-0.3, -0.25) is 9.69 Å². The molecular formula is C11H17N5OS. The topological polar surface area (TPSA) is 61.4 Å². The third-order valence-electron chi connectivity index (χ3n) is 3.72. The van der Waals surface area contributed by atoms with E-state index >= 15 is 0 Å². The minimum atomic E-state index is 0.0916. The van der Waals surface area contributed by atoms with Crippen LogP contribution in [0.15, 0.2) is 0 Å². The van der Waals surface area contributed by atoms with Crippen molar-refractivity contribution in [3.05, 3.63) is 10.6 Å². The number of rotatable bonds is 2. The first-order chi connectivity index (χ1) is 8.75. The highest BCUT2D eigenvalue weighted by Crippen LogP contribution is 2.16. The SMILES string of the molecule is Cc1nnsc1C(=O)N1CCN(C2CNC2)CC1. The Morgan fingerprint density at radius 1 is 1.33 bits per heavy atom. The fourth-order valence-electron chi connectivity index (χ4n) is 2.39. The fraction of sp³-hybridized carbons (Fsp3) is 0.727. The molecule has 2 aliphatic heterocycles. The van der Waals surface area contributed by atoms with Gasteiger partial charge in [-0.15, -0.1) is 5.10 Å². The lowest BCUT2D eigenvalue weighted by Crippen LogP contribution is -2.62. The van der Waals surface area contributed by atoms with Gasteiger partial charge in [0.2, 0.25) is 0 Å². The highest BCUT2D eigenvalue weighted by molar-refractivity contribution is 7.07. The Kier molecular flexibility index (Phi) is 3.27. The molecule has 3 rings (SSSR count). The number of nitrogens with one attached hydrogen (secondary N) is 1. The smallest absolute Gasteiger partial charge is 0.267 e. The number of piperazine rings is 1. The second kappa shape index (κ2) is 4.91. The third-order valence-corrected chi connectivity index (χ3v) is 4.54. The van der Waals surface area contributed by atoms with Crippen molar-refractivity contribution in [2.24, 2.45) is 0 Å². The van der Waals surface area contributed by atoms with Crippen molar-refractivity contribution < 1.29 is 4.79 Å². The van der Waals surface area contributed by atoms with E-state index in [1.165, 1.54) is 11.5 Å². The third kappa shape index (κ3) is 2.13. The van der Waals surface area contributed by atoms with Crippen molar-refractivity contribution in [2.45, 2.75) is 13.0 Å². The Morgan fingerprint density at radius 2 is 2.06 bits per heavy atom. The zero-order valence-electron chi connectivity index (χ0n) is 10.4. The van der Waals surface area contributed by atoms with Gasteiger partial charge in [0.1, 0.15) is 4.88 Å². The predicted octanol–water partition coefficient (Wildman–Crippen LogP) is -0.424. The highest BCUT2D eigenvalue weighted by atomic mass is 32.1. The van der Waals surface area contributed by atoms with Crippen molar-refractivity contribution in [1.29, 1.82) is 0 Å². The molecule has 1 N–H and O–H groups in total. The molecule has 2 fully saturated rings. The second-order valence-electron chi connectivity index (χ2n) is 4.83. The average molecular weight is 267 g/mol. The van der Waals surface area contributed by atoms with Gasteiger partial charge in [0.25, 0.3) is 5.91 Å². The van der Waals surface area contributed by atoms with E-state index in [-0.39, 0.29) is 5.91 Å². The number of aryl methyl sites for hydroxylation is 1. The van der Waals surface area contributed by atoms with Crippen LogP contribution in [-0.2, 0) is 0 Å². The maximum Gasteiger partial charge on any atom is 0.267 e. The number of hydrogen-bond donors (Lipinski definition) is 1. The summed E-state index contributed by atoms with van der Waals surface area (Å²) >= 11 is 1.20.